The molecule has 1 aromatic carbocycles. The number of benzene rings is 1. The number of amides is 2. The van der Waals surface area contributed by atoms with Crippen LogP contribution in [0.15, 0.2) is 93.9 Å². The van der Waals surface area contributed by atoms with Crippen LogP contribution in [-0.2, 0) is 0 Å². The number of nitrogens with two attached hydrogens (primary N) is 1. The summed E-state index contributed by atoms with van der Waals surface area (Å²) in [4.78, 5) is 42.3. The van der Waals surface area contributed by atoms with Gasteiger partial charge in [-0.25, -0.2) is 11.3 Å². The van der Waals surface area contributed by atoms with E-state index >= 15 is 0 Å². The molecule has 10 heteroatoms. The quantitative estimate of drug-likeness (QED) is 0.192. The van der Waals surface area contributed by atoms with Gasteiger partial charge in [0.05, 0.1) is 28.3 Å². The van der Waals surface area contributed by atoms with Crippen molar-refractivity contribution < 1.29 is 14.0 Å². The molecule has 0 atom stereocenters. The van der Waals surface area contributed by atoms with Crippen LogP contribution in [0.1, 0.15) is 26.3 Å². The Morgan fingerprint density at radius 2 is 1.59 bits per heavy atom. The first-order chi connectivity index (χ1) is 15.6. The maximum atomic E-state index is 12.2. The van der Waals surface area contributed by atoms with Gasteiger partial charge in [-0.05, 0) is 36.4 Å². The SMILES string of the molecule is NNC(=O)c1cccnc1.O=C(NN=Cc1coc2ccccc2c1=O)c1cccnc1. The fourth-order valence-electron chi connectivity index (χ4n) is 2.48. The first-order valence-corrected chi connectivity index (χ1v) is 9.25. The number of carbonyl (C=O) groups excluding carboxylic acids is 2. The van der Waals surface area contributed by atoms with Gasteiger partial charge in [-0.3, -0.25) is 29.8 Å². The summed E-state index contributed by atoms with van der Waals surface area (Å²) < 4.78 is 5.35. The maximum Gasteiger partial charge on any atom is 0.272 e. The van der Waals surface area contributed by atoms with E-state index in [1.807, 2.05) is 5.43 Å². The van der Waals surface area contributed by atoms with E-state index in [4.69, 9.17) is 10.3 Å². The standard InChI is InChI=1S/C16H11N3O3.C6H7N3O/c20-15-12(10-22-14-6-2-1-5-13(14)15)9-18-19-16(21)11-4-3-7-17-8-11;7-9-6(10)5-2-1-3-8-4-5/h1-10H,(H,19,21);1-4H,7H2,(H,9,10). The van der Waals surface area contributed by atoms with Crippen molar-refractivity contribution in [2.75, 3.05) is 0 Å². The van der Waals surface area contributed by atoms with Crippen molar-refractivity contribution in [3.63, 3.8) is 0 Å². The molecule has 3 aromatic heterocycles. The topological polar surface area (TPSA) is 153 Å². The monoisotopic (exact) mass is 430 g/mol. The minimum absolute atomic E-state index is 0.207. The zero-order valence-corrected chi connectivity index (χ0v) is 16.6. The number of nitrogen functional groups attached to an aromatic ring is 1. The van der Waals surface area contributed by atoms with E-state index in [9.17, 15) is 14.4 Å². The van der Waals surface area contributed by atoms with Crippen LogP contribution in [0.3, 0.4) is 0 Å². The second-order valence-corrected chi connectivity index (χ2v) is 6.17. The van der Waals surface area contributed by atoms with Crippen LogP contribution in [0, 0.1) is 0 Å². The summed E-state index contributed by atoms with van der Waals surface area (Å²) in [6.07, 6.45) is 8.60. The molecule has 0 bridgehead atoms. The molecule has 0 aliphatic rings. The van der Waals surface area contributed by atoms with Crippen LogP contribution >= 0.6 is 0 Å². The minimum Gasteiger partial charge on any atom is -0.463 e. The van der Waals surface area contributed by atoms with E-state index in [1.165, 1.54) is 24.9 Å². The number of hydrogen-bond donors (Lipinski definition) is 3. The van der Waals surface area contributed by atoms with E-state index in [1.54, 1.807) is 60.9 Å². The summed E-state index contributed by atoms with van der Waals surface area (Å²) in [6, 6.07) is 13.5. The van der Waals surface area contributed by atoms with Crippen LogP contribution in [0.4, 0.5) is 0 Å². The number of hydrazone groups is 1. The van der Waals surface area contributed by atoms with Crippen molar-refractivity contribution in [1.29, 1.82) is 0 Å². The molecular weight excluding hydrogens is 412 g/mol. The van der Waals surface area contributed by atoms with Crippen LogP contribution in [-0.4, -0.2) is 28.0 Å². The second-order valence-electron chi connectivity index (χ2n) is 6.17. The lowest BCUT2D eigenvalue weighted by Gasteiger charge is -1.99. The van der Waals surface area contributed by atoms with Crippen molar-refractivity contribution in [2.24, 2.45) is 10.9 Å². The average molecular weight is 430 g/mol. The molecule has 0 aliphatic heterocycles. The largest absolute Gasteiger partial charge is 0.463 e. The van der Waals surface area contributed by atoms with Crippen LogP contribution in [0.25, 0.3) is 11.0 Å². The highest BCUT2D eigenvalue weighted by molar-refractivity contribution is 5.95. The predicted octanol–water partition coefficient (Wildman–Crippen LogP) is 1.64. The first kappa shape index (κ1) is 22.0. The third-order valence-corrected chi connectivity index (χ3v) is 4.06. The second kappa shape index (κ2) is 10.9. The number of fused-ring (bicyclic) bond motifs is 1. The lowest BCUT2D eigenvalue weighted by atomic mass is 10.2. The molecule has 32 heavy (non-hydrogen) atoms. The Labute approximate surface area is 181 Å². The molecule has 2 amide bonds. The van der Waals surface area contributed by atoms with Crippen LogP contribution in [0.5, 0.6) is 0 Å². The number of hydrogen-bond acceptors (Lipinski definition) is 8. The van der Waals surface area contributed by atoms with Gasteiger partial charge in [0.2, 0.25) is 5.43 Å². The molecule has 0 radical (unpaired) electrons. The average Bonchev–Trinajstić information content (AvgIpc) is 2.86. The fourth-order valence-corrected chi connectivity index (χ4v) is 2.48. The van der Waals surface area contributed by atoms with Gasteiger partial charge in [0.25, 0.3) is 11.8 Å². The van der Waals surface area contributed by atoms with Crippen molar-refractivity contribution >= 4 is 29.0 Å². The fraction of sp³-hybridized carbons (Fsp3) is 0. The summed E-state index contributed by atoms with van der Waals surface area (Å²) in [5.74, 6) is 4.14. The molecule has 160 valence electrons. The number of nitrogens with one attached hydrogen (secondary N) is 2. The Morgan fingerprint density at radius 1 is 0.938 bits per heavy atom. The van der Waals surface area contributed by atoms with Gasteiger partial charge in [0.15, 0.2) is 0 Å². The molecule has 0 aliphatic carbocycles. The molecule has 10 nitrogen and oxygen atoms in total. The lowest BCUT2D eigenvalue weighted by molar-refractivity contribution is 0.0946. The Morgan fingerprint density at radius 3 is 2.22 bits per heavy atom. The number of rotatable bonds is 4. The summed E-state index contributed by atoms with van der Waals surface area (Å²) >= 11 is 0. The lowest BCUT2D eigenvalue weighted by Crippen LogP contribution is -2.29. The summed E-state index contributed by atoms with van der Waals surface area (Å²) in [5, 5.41) is 4.24. The number of para-hydroxylation sites is 1. The highest BCUT2D eigenvalue weighted by Crippen LogP contribution is 2.09. The van der Waals surface area contributed by atoms with Gasteiger partial charge in [0, 0.05) is 24.8 Å². The number of nitrogens with zero attached hydrogens (tertiary/aromatic N) is 3. The van der Waals surface area contributed by atoms with Gasteiger partial charge >= 0.3 is 0 Å². The molecular formula is C22H18N6O4. The molecule has 0 fully saturated rings. The van der Waals surface area contributed by atoms with E-state index < -0.39 is 5.91 Å². The Hall–Kier alpha value is -4.70. The van der Waals surface area contributed by atoms with Gasteiger partial charge in [-0.15, -0.1) is 0 Å². The van der Waals surface area contributed by atoms with Crippen molar-refractivity contribution in [3.05, 3.63) is 106 Å². The van der Waals surface area contributed by atoms with Gasteiger partial charge in [-0.2, -0.15) is 5.10 Å². The summed E-state index contributed by atoms with van der Waals surface area (Å²) in [5.41, 5.74) is 5.73. The molecule has 0 spiro atoms. The van der Waals surface area contributed by atoms with E-state index in [-0.39, 0.29) is 16.9 Å². The molecule has 4 aromatic rings. The predicted molar refractivity (Wildman–Crippen MR) is 118 cm³/mol. The minimum atomic E-state index is -0.408. The third-order valence-electron chi connectivity index (χ3n) is 4.06. The van der Waals surface area contributed by atoms with E-state index in [2.05, 4.69) is 20.5 Å². The number of carbonyl (C=O) groups is 2. The van der Waals surface area contributed by atoms with Crippen molar-refractivity contribution in [3.8, 4) is 0 Å². The van der Waals surface area contributed by atoms with Gasteiger partial charge < -0.3 is 4.42 Å². The third kappa shape index (κ3) is 5.68. The normalized spacial score (nSPS) is 10.3. The van der Waals surface area contributed by atoms with Gasteiger partial charge in [-0.1, -0.05) is 12.1 Å². The molecule has 0 saturated carbocycles. The van der Waals surface area contributed by atoms with E-state index in [0.717, 1.165) is 0 Å². The van der Waals surface area contributed by atoms with E-state index in [0.29, 0.717) is 22.1 Å². The maximum absolute atomic E-state index is 12.2. The van der Waals surface area contributed by atoms with Crippen molar-refractivity contribution in [2.45, 2.75) is 0 Å². The Bertz CT molecular complexity index is 1290. The zero-order valence-electron chi connectivity index (χ0n) is 16.6. The van der Waals surface area contributed by atoms with Crippen LogP contribution in [0.2, 0.25) is 0 Å². The molecule has 0 saturated heterocycles. The van der Waals surface area contributed by atoms with Gasteiger partial charge in [0.1, 0.15) is 11.8 Å². The highest BCUT2D eigenvalue weighted by atomic mass is 16.3. The smallest absolute Gasteiger partial charge is 0.272 e. The molecule has 4 N–H and O–H groups in total. The number of hydrazine groups is 1. The van der Waals surface area contributed by atoms with Crippen LogP contribution < -0.4 is 22.1 Å². The Balaban J connectivity index is 0.000000243. The Kier molecular flexibility index (Phi) is 7.49. The molecule has 0 unspecified atom stereocenters. The molecule has 4 rings (SSSR count). The van der Waals surface area contributed by atoms with Crippen molar-refractivity contribution in [1.82, 2.24) is 20.8 Å². The summed E-state index contributed by atoms with van der Waals surface area (Å²) in [7, 11) is 0. The first-order valence-electron chi connectivity index (χ1n) is 9.25. The number of aromatic nitrogens is 2. The zero-order chi connectivity index (χ0) is 22.8. The molecule has 3 heterocycles. The number of pyridine rings is 2. The highest BCUT2D eigenvalue weighted by Gasteiger charge is 2.05. The summed E-state index contributed by atoms with van der Waals surface area (Å²) in [6.45, 7) is 0.